The molecule has 7 nitrogen and oxygen atoms in total. The summed E-state index contributed by atoms with van der Waals surface area (Å²) in [6, 6.07) is 0. The predicted molar refractivity (Wildman–Crippen MR) is 138 cm³/mol. The molecule has 0 aromatic carbocycles. The van der Waals surface area contributed by atoms with Crippen molar-refractivity contribution in [1.82, 2.24) is 4.98 Å². The Hall–Kier alpha value is -1.87. The van der Waals surface area contributed by atoms with E-state index >= 15 is 0 Å². The Morgan fingerprint density at radius 3 is 2.57 bits per heavy atom. The Balaban J connectivity index is 2.37. The fraction of sp³-hybridized carbons (Fsp3) is 0.667. The van der Waals surface area contributed by atoms with Gasteiger partial charge in [0.25, 0.3) is 0 Å². The Morgan fingerprint density at radius 1 is 1.29 bits per heavy atom. The molecule has 1 aliphatic heterocycles. The normalized spacial score (nSPS) is 30.0. The van der Waals surface area contributed by atoms with E-state index in [2.05, 4.69) is 4.98 Å². The molecule has 0 fully saturated rings. The zero-order chi connectivity index (χ0) is 26.3. The van der Waals surface area contributed by atoms with Crippen molar-refractivity contribution in [2.24, 2.45) is 17.3 Å². The maximum atomic E-state index is 13.2. The summed E-state index contributed by atoms with van der Waals surface area (Å²) >= 11 is 1.53. The molecule has 196 valence electrons. The lowest BCUT2D eigenvalue weighted by Gasteiger charge is -2.34. The lowest BCUT2D eigenvalue weighted by molar-refractivity contribution is -0.154. The maximum Gasteiger partial charge on any atom is 0.309 e. The summed E-state index contributed by atoms with van der Waals surface area (Å²) in [5, 5.41) is 34.3. The average molecular weight is 508 g/mol. The number of aliphatic hydroxyl groups is 3. The predicted octanol–water partition coefficient (Wildman–Crippen LogP) is 4.24. The highest BCUT2D eigenvalue weighted by atomic mass is 32.1. The highest BCUT2D eigenvalue weighted by molar-refractivity contribution is 7.09. The fourth-order valence-corrected chi connectivity index (χ4v) is 5.03. The van der Waals surface area contributed by atoms with Crippen molar-refractivity contribution in [3.05, 3.63) is 33.3 Å². The van der Waals surface area contributed by atoms with Gasteiger partial charge in [0.05, 0.1) is 41.4 Å². The highest BCUT2D eigenvalue weighted by Crippen LogP contribution is 2.32. The van der Waals surface area contributed by atoms with Gasteiger partial charge in [-0.3, -0.25) is 9.59 Å². The van der Waals surface area contributed by atoms with Gasteiger partial charge in [0.15, 0.2) is 0 Å². The molecule has 2 rings (SSSR count). The van der Waals surface area contributed by atoms with Crippen molar-refractivity contribution in [2.45, 2.75) is 92.0 Å². The zero-order valence-corrected chi connectivity index (χ0v) is 22.6. The van der Waals surface area contributed by atoms with Crippen LogP contribution in [0.15, 0.2) is 22.6 Å². The quantitative estimate of drug-likeness (QED) is 0.414. The summed E-state index contributed by atoms with van der Waals surface area (Å²) in [4.78, 5) is 30.5. The van der Waals surface area contributed by atoms with Crippen molar-refractivity contribution < 1.29 is 29.6 Å². The van der Waals surface area contributed by atoms with E-state index in [4.69, 9.17) is 4.74 Å². The fourth-order valence-electron chi connectivity index (χ4n) is 4.46. The van der Waals surface area contributed by atoms with Gasteiger partial charge in [0.1, 0.15) is 11.9 Å². The molecule has 0 radical (unpaired) electrons. The minimum atomic E-state index is -1.25. The second-order valence-electron chi connectivity index (χ2n) is 10.4. The number of ether oxygens (including phenoxy) is 1. The van der Waals surface area contributed by atoms with Crippen molar-refractivity contribution >= 4 is 29.2 Å². The molecule has 8 heteroatoms. The molecule has 1 aromatic heterocycles. The number of carbonyl (C=O) groups excluding carboxylic acids is 2. The SMILES string of the molecule is CC(=Cc1csc(C)n1)[C@@H]1CC=C(CO)CCC[C@H](C)[C@H](O)[C@@H](C)C(=O)C(C)(C)[C@@H](O)CC(=O)O1. The first kappa shape index (κ1) is 29.4. The standard InChI is InChI=1S/C27H41NO6S/c1-16-8-7-9-20(14-29)10-11-22(17(2)12-21-15-35-19(4)28-21)34-24(31)13-23(30)27(5,6)26(33)18(3)25(16)32/h10,12,15-16,18,22-23,25,29-30,32H,7-9,11,13-14H2,1-6H3/t16-,18+,22-,23-,25-/m0/s1. The highest BCUT2D eigenvalue weighted by Gasteiger charge is 2.42. The van der Waals surface area contributed by atoms with E-state index in [1.807, 2.05) is 38.3 Å². The number of aliphatic hydroxyl groups excluding tert-OH is 3. The minimum absolute atomic E-state index is 0.104. The topological polar surface area (TPSA) is 117 Å². The van der Waals surface area contributed by atoms with Crippen LogP contribution in [0.2, 0.25) is 0 Å². The first-order chi connectivity index (χ1) is 16.4. The summed E-state index contributed by atoms with van der Waals surface area (Å²) in [7, 11) is 0. The number of cyclic esters (lactones) is 1. The molecule has 0 saturated carbocycles. The number of aryl methyl sites for hydroxylation is 1. The van der Waals surface area contributed by atoms with Gasteiger partial charge in [0, 0.05) is 17.7 Å². The third-order valence-corrected chi connectivity index (χ3v) is 7.90. The summed E-state index contributed by atoms with van der Waals surface area (Å²) in [5.41, 5.74) is 1.20. The number of hydrogen-bond donors (Lipinski definition) is 3. The van der Waals surface area contributed by atoms with Crippen LogP contribution in [0.5, 0.6) is 0 Å². The molecule has 0 aliphatic carbocycles. The largest absolute Gasteiger partial charge is 0.457 e. The number of Topliss-reactive ketones (excluding diaryl/α,β-unsaturated/α-hetero) is 1. The van der Waals surface area contributed by atoms with Gasteiger partial charge in [-0.05, 0) is 56.3 Å². The van der Waals surface area contributed by atoms with Crippen LogP contribution < -0.4 is 0 Å². The molecule has 0 bridgehead atoms. The number of ketones is 1. The third kappa shape index (κ3) is 8.07. The molecule has 1 aromatic rings. The molecule has 2 heterocycles. The van der Waals surface area contributed by atoms with Gasteiger partial charge < -0.3 is 20.1 Å². The number of hydrogen-bond acceptors (Lipinski definition) is 8. The Bertz CT molecular complexity index is 934. The van der Waals surface area contributed by atoms with Crippen molar-refractivity contribution in [3.8, 4) is 0 Å². The van der Waals surface area contributed by atoms with Crippen LogP contribution in [0, 0.1) is 24.2 Å². The smallest absolute Gasteiger partial charge is 0.309 e. The van der Waals surface area contributed by atoms with E-state index in [9.17, 15) is 24.9 Å². The molecule has 0 unspecified atom stereocenters. The number of carbonyl (C=O) groups is 2. The van der Waals surface area contributed by atoms with E-state index in [1.54, 1.807) is 20.8 Å². The number of thiazole rings is 1. The van der Waals surface area contributed by atoms with Crippen LogP contribution in [0.1, 0.15) is 77.4 Å². The number of rotatable bonds is 3. The van der Waals surface area contributed by atoms with E-state index in [0.717, 1.165) is 28.3 Å². The Kier molecular flexibility index (Phi) is 10.8. The molecule has 0 saturated heterocycles. The monoisotopic (exact) mass is 507 g/mol. The first-order valence-corrected chi connectivity index (χ1v) is 13.2. The summed E-state index contributed by atoms with van der Waals surface area (Å²) in [5.74, 6) is -1.71. The molecule has 35 heavy (non-hydrogen) atoms. The van der Waals surface area contributed by atoms with E-state index in [-0.39, 0.29) is 24.7 Å². The Labute approximate surface area is 212 Å². The van der Waals surface area contributed by atoms with Gasteiger partial charge in [0.2, 0.25) is 0 Å². The van der Waals surface area contributed by atoms with E-state index in [1.165, 1.54) is 11.3 Å². The van der Waals surface area contributed by atoms with Crippen LogP contribution in [-0.4, -0.2) is 57.0 Å². The van der Waals surface area contributed by atoms with Crippen LogP contribution in [-0.2, 0) is 14.3 Å². The maximum absolute atomic E-state index is 13.2. The molecule has 5 atom stereocenters. The van der Waals surface area contributed by atoms with Crippen LogP contribution >= 0.6 is 11.3 Å². The Morgan fingerprint density at radius 2 is 1.97 bits per heavy atom. The zero-order valence-electron chi connectivity index (χ0n) is 21.8. The second-order valence-corrected chi connectivity index (χ2v) is 11.4. The summed E-state index contributed by atoms with van der Waals surface area (Å²) in [6.07, 6.45) is 3.20. The van der Waals surface area contributed by atoms with Gasteiger partial charge in [-0.25, -0.2) is 4.98 Å². The van der Waals surface area contributed by atoms with Gasteiger partial charge in [-0.1, -0.05) is 33.8 Å². The average Bonchev–Trinajstić information content (AvgIpc) is 3.21. The van der Waals surface area contributed by atoms with Crippen molar-refractivity contribution in [3.63, 3.8) is 0 Å². The molecular weight excluding hydrogens is 466 g/mol. The summed E-state index contributed by atoms with van der Waals surface area (Å²) < 4.78 is 5.77. The lowest BCUT2D eigenvalue weighted by Crippen LogP contribution is -2.45. The molecule has 0 amide bonds. The van der Waals surface area contributed by atoms with Gasteiger partial charge in [-0.15, -0.1) is 11.3 Å². The molecule has 1 aliphatic rings. The van der Waals surface area contributed by atoms with Crippen molar-refractivity contribution in [1.29, 1.82) is 0 Å². The number of esters is 1. The number of aromatic nitrogens is 1. The van der Waals surface area contributed by atoms with Gasteiger partial charge >= 0.3 is 5.97 Å². The van der Waals surface area contributed by atoms with Crippen LogP contribution in [0.4, 0.5) is 0 Å². The first-order valence-electron chi connectivity index (χ1n) is 12.4. The van der Waals surface area contributed by atoms with Crippen LogP contribution in [0.25, 0.3) is 6.08 Å². The third-order valence-electron chi connectivity index (χ3n) is 7.11. The second kappa shape index (κ2) is 12.9. The molecular formula is C27H41NO6S. The number of nitrogens with zero attached hydrogens (tertiary/aromatic N) is 1. The minimum Gasteiger partial charge on any atom is -0.457 e. The molecule has 0 spiro atoms. The summed E-state index contributed by atoms with van der Waals surface area (Å²) in [6.45, 7) is 10.5. The lowest BCUT2D eigenvalue weighted by atomic mass is 9.73. The van der Waals surface area contributed by atoms with E-state index in [0.29, 0.717) is 19.3 Å². The van der Waals surface area contributed by atoms with Gasteiger partial charge in [-0.2, -0.15) is 0 Å². The van der Waals surface area contributed by atoms with E-state index < -0.39 is 35.6 Å². The van der Waals surface area contributed by atoms with Crippen LogP contribution in [0.3, 0.4) is 0 Å². The van der Waals surface area contributed by atoms with Crippen molar-refractivity contribution in [2.75, 3.05) is 6.61 Å². The molecule has 3 N–H and O–H groups in total.